The zero-order chi connectivity index (χ0) is 37.7. The third-order valence-corrected chi connectivity index (χ3v) is 10.9. The van der Waals surface area contributed by atoms with Gasteiger partial charge in [0.2, 0.25) is 0 Å². The van der Waals surface area contributed by atoms with Gasteiger partial charge in [-0.3, -0.25) is 0 Å². The summed E-state index contributed by atoms with van der Waals surface area (Å²) in [6.45, 7) is 0. The highest BCUT2D eigenvalue weighted by molar-refractivity contribution is 6.21. The lowest BCUT2D eigenvalue weighted by Gasteiger charge is -2.12. The van der Waals surface area contributed by atoms with Gasteiger partial charge in [0.25, 0.3) is 0 Å². The average Bonchev–Trinajstić information content (AvgIpc) is 3.70. The van der Waals surface area contributed by atoms with Gasteiger partial charge in [-0.1, -0.05) is 164 Å². The van der Waals surface area contributed by atoms with Crippen molar-refractivity contribution in [1.29, 1.82) is 0 Å². The number of nitrogens with zero attached hydrogens (tertiary/aromatic N) is 3. The number of rotatable bonds is 6. The Labute approximate surface area is 329 Å². The van der Waals surface area contributed by atoms with Gasteiger partial charge in [-0.2, -0.15) is 0 Å². The summed E-state index contributed by atoms with van der Waals surface area (Å²) in [4.78, 5) is 15.8. The number of hydrogen-bond donors (Lipinski definition) is 0. The first kappa shape index (κ1) is 32.7. The number of fused-ring (bicyclic) bond motifs is 6. The van der Waals surface area contributed by atoms with Crippen LogP contribution < -0.4 is 0 Å². The Balaban J connectivity index is 1.15. The fraction of sp³-hybridized carbons (Fsp3) is 0. The fourth-order valence-electron chi connectivity index (χ4n) is 8.06. The third-order valence-electron chi connectivity index (χ3n) is 10.9. The van der Waals surface area contributed by atoms with E-state index in [1.54, 1.807) is 0 Å². The monoisotopic (exact) mass is 727 g/mol. The van der Waals surface area contributed by atoms with Gasteiger partial charge in [-0.05, 0) is 80.4 Å². The van der Waals surface area contributed by atoms with Crippen LogP contribution in [0.5, 0.6) is 0 Å². The largest absolute Gasteiger partial charge is 0.455 e. The van der Waals surface area contributed by atoms with Crippen LogP contribution in [0.25, 0.3) is 111 Å². The van der Waals surface area contributed by atoms with Crippen molar-refractivity contribution in [3.63, 3.8) is 0 Å². The quantitative estimate of drug-likeness (QED) is 0.171. The van der Waals surface area contributed by atoms with Crippen LogP contribution in [-0.4, -0.2) is 15.0 Å². The summed E-state index contributed by atoms with van der Waals surface area (Å²) in [5.74, 6) is 1.79. The first-order chi connectivity index (χ1) is 28.2. The summed E-state index contributed by atoms with van der Waals surface area (Å²) in [5.41, 5.74) is 11.1. The van der Waals surface area contributed by atoms with E-state index in [4.69, 9.17) is 19.4 Å². The molecule has 57 heavy (non-hydrogen) atoms. The Kier molecular flexibility index (Phi) is 7.78. The van der Waals surface area contributed by atoms with Gasteiger partial charge in [0.15, 0.2) is 17.5 Å². The molecule has 0 amide bonds. The Morgan fingerprint density at radius 3 is 1.51 bits per heavy atom. The fourth-order valence-corrected chi connectivity index (χ4v) is 8.06. The van der Waals surface area contributed by atoms with Crippen LogP contribution >= 0.6 is 0 Å². The second-order valence-corrected chi connectivity index (χ2v) is 14.4. The maximum absolute atomic E-state index is 6.93. The smallest absolute Gasteiger partial charge is 0.164 e. The lowest BCUT2D eigenvalue weighted by atomic mass is 9.97. The van der Waals surface area contributed by atoms with E-state index in [1.165, 1.54) is 11.1 Å². The minimum absolute atomic E-state index is 0.583. The molecule has 0 atom stereocenters. The molecule has 0 fully saturated rings. The average molecular weight is 728 g/mol. The molecule has 0 unspecified atom stereocenters. The first-order valence-electron chi connectivity index (χ1n) is 19.2. The van der Waals surface area contributed by atoms with Gasteiger partial charge >= 0.3 is 0 Å². The third kappa shape index (κ3) is 5.83. The van der Waals surface area contributed by atoms with Crippen molar-refractivity contribution >= 4 is 43.5 Å². The summed E-state index contributed by atoms with van der Waals surface area (Å²) >= 11 is 0. The summed E-state index contributed by atoms with van der Waals surface area (Å²) in [5, 5.41) is 6.46. The van der Waals surface area contributed by atoms with Crippen molar-refractivity contribution in [3.05, 3.63) is 200 Å². The van der Waals surface area contributed by atoms with E-state index in [0.29, 0.717) is 17.5 Å². The summed E-state index contributed by atoms with van der Waals surface area (Å²) in [6, 6.07) is 69.8. The molecule has 0 aliphatic carbocycles. The Hall–Kier alpha value is -7.69. The molecule has 2 aromatic heterocycles. The van der Waals surface area contributed by atoms with E-state index in [1.807, 2.05) is 18.2 Å². The minimum atomic E-state index is 0.583. The normalized spacial score (nSPS) is 11.5. The first-order valence-corrected chi connectivity index (χ1v) is 19.2. The lowest BCUT2D eigenvalue weighted by molar-refractivity contribution is 0.674. The van der Waals surface area contributed by atoms with Gasteiger partial charge in [0, 0.05) is 38.4 Å². The highest BCUT2D eigenvalue weighted by atomic mass is 16.3. The van der Waals surface area contributed by atoms with Crippen molar-refractivity contribution < 1.29 is 4.42 Å². The van der Waals surface area contributed by atoms with Gasteiger partial charge < -0.3 is 4.42 Å². The molecule has 2 heterocycles. The minimum Gasteiger partial charge on any atom is -0.455 e. The van der Waals surface area contributed by atoms with Crippen LogP contribution in [0.2, 0.25) is 0 Å². The summed E-state index contributed by atoms with van der Waals surface area (Å²) in [7, 11) is 0. The van der Waals surface area contributed by atoms with Crippen LogP contribution in [0.1, 0.15) is 0 Å². The zero-order valence-electron chi connectivity index (χ0n) is 30.8. The molecule has 0 N–H and O–H groups in total. The molecular weight excluding hydrogens is 695 g/mol. The second kappa shape index (κ2) is 13.6. The molecule has 0 spiro atoms. The molecule has 11 rings (SSSR count). The molecular formula is C53H33N3O. The van der Waals surface area contributed by atoms with Gasteiger partial charge in [-0.25, -0.2) is 15.0 Å². The predicted molar refractivity (Wildman–Crippen MR) is 235 cm³/mol. The SMILES string of the molecule is c1ccc(-c2cccc(-c3nc(-c4ccc5cc(-c6ccccc6)ccc5c4)nc(-c4ccc(-c5ccccc5)c5oc6c7ccccc7ccc6c45)n3)c2)cc1. The topological polar surface area (TPSA) is 51.8 Å². The molecule has 0 bridgehead atoms. The lowest BCUT2D eigenvalue weighted by Crippen LogP contribution is -2.01. The summed E-state index contributed by atoms with van der Waals surface area (Å²) < 4.78 is 6.93. The highest BCUT2D eigenvalue weighted by Crippen LogP contribution is 2.43. The predicted octanol–water partition coefficient (Wildman–Crippen LogP) is 14.1. The number of furan rings is 1. The van der Waals surface area contributed by atoms with E-state index >= 15 is 0 Å². The molecule has 0 aliphatic rings. The van der Waals surface area contributed by atoms with E-state index in [0.717, 1.165) is 82.4 Å². The van der Waals surface area contributed by atoms with Crippen molar-refractivity contribution in [2.45, 2.75) is 0 Å². The highest BCUT2D eigenvalue weighted by Gasteiger charge is 2.22. The molecule has 4 nitrogen and oxygen atoms in total. The molecule has 11 aromatic rings. The van der Waals surface area contributed by atoms with Crippen LogP contribution in [-0.2, 0) is 0 Å². The zero-order valence-corrected chi connectivity index (χ0v) is 30.8. The van der Waals surface area contributed by atoms with Crippen molar-refractivity contribution in [3.8, 4) is 67.5 Å². The molecule has 0 radical (unpaired) electrons. The summed E-state index contributed by atoms with van der Waals surface area (Å²) in [6.07, 6.45) is 0. The Bertz CT molecular complexity index is 3280. The van der Waals surface area contributed by atoms with Crippen LogP contribution in [0.4, 0.5) is 0 Å². The van der Waals surface area contributed by atoms with E-state index in [2.05, 4.69) is 182 Å². The number of aromatic nitrogens is 3. The standard InChI is InChI=1S/C53H33N3O/c1-4-13-34(14-5-1)38-20-12-21-42(32-38)51-54-52(43-26-25-40-31-39(23-24-41(40)33-43)35-15-6-2-7-16-35)56-53(55-51)47-30-29-45(36-17-8-3-9-18-36)50-48(47)46-28-27-37-19-10-11-22-44(37)49(46)57-50/h1-33H. The molecule has 0 saturated carbocycles. The van der Waals surface area contributed by atoms with Crippen molar-refractivity contribution in [2.75, 3.05) is 0 Å². The molecule has 4 heteroatoms. The maximum Gasteiger partial charge on any atom is 0.164 e. The van der Waals surface area contributed by atoms with Gasteiger partial charge in [0.1, 0.15) is 11.2 Å². The van der Waals surface area contributed by atoms with E-state index in [9.17, 15) is 0 Å². The second-order valence-electron chi connectivity index (χ2n) is 14.4. The van der Waals surface area contributed by atoms with Crippen LogP contribution in [0.15, 0.2) is 205 Å². The molecule has 0 aliphatic heterocycles. The van der Waals surface area contributed by atoms with E-state index < -0.39 is 0 Å². The maximum atomic E-state index is 6.93. The number of hydrogen-bond acceptors (Lipinski definition) is 4. The number of benzene rings is 9. The van der Waals surface area contributed by atoms with Crippen molar-refractivity contribution in [1.82, 2.24) is 15.0 Å². The van der Waals surface area contributed by atoms with Gasteiger partial charge in [-0.15, -0.1) is 0 Å². The van der Waals surface area contributed by atoms with E-state index in [-0.39, 0.29) is 0 Å². The molecule has 9 aromatic carbocycles. The van der Waals surface area contributed by atoms with Gasteiger partial charge in [0.05, 0.1) is 0 Å². The molecule has 0 saturated heterocycles. The van der Waals surface area contributed by atoms with Crippen LogP contribution in [0, 0.1) is 0 Å². The Morgan fingerprint density at radius 2 is 0.789 bits per heavy atom. The van der Waals surface area contributed by atoms with Crippen molar-refractivity contribution in [2.24, 2.45) is 0 Å². The molecule has 266 valence electrons. The van der Waals surface area contributed by atoms with Crippen LogP contribution in [0.3, 0.4) is 0 Å². The Morgan fingerprint density at radius 1 is 0.281 bits per heavy atom.